The van der Waals surface area contributed by atoms with E-state index in [9.17, 15) is 37.1 Å². The number of nitrogens with one attached hydrogen (secondary N) is 5. The molecule has 0 bridgehead atoms. The lowest BCUT2D eigenvalue weighted by Crippen LogP contribution is -2.42. The molecule has 2 atom stereocenters. The largest absolute Gasteiger partial charge is 0.573 e. The van der Waals surface area contributed by atoms with E-state index in [0.717, 1.165) is 12.1 Å². The van der Waals surface area contributed by atoms with Crippen LogP contribution < -0.4 is 26.0 Å². The number of carbonyl (C=O) groups is 3. The molecule has 0 saturated heterocycles. The van der Waals surface area contributed by atoms with E-state index in [0.29, 0.717) is 10.9 Å². The highest BCUT2D eigenvalue weighted by atomic mass is 35.5. The number of nitrogens with zero attached hydrogens (tertiary/aromatic N) is 2. The monoisotopic (exact) mass is 599 g/mol. The average Bonchev–Trinajstić information content (AvgIpc) is 3.36. The molecule has 0 spiro atoms. The molecule has 41 heavy (non-hydrogen) atoms. The zero-order valence-electron chi connectivity index (χ0n) is 20.8. The van der Waals surface area contributed by atoms with Crippen molar-refractivity contribution in [3.8, 4) is 5.75 Å². The number of hydrogen-bond acceptors (Lipinski definition) is 8. The molecule has 1 aliphatic rings. The first-order valence-corrected chi connectivity index (χ1v) is 12.3. The van der Waals surface area contributed by atoms with Crippen LogP contribution in [-0.2, 0) is 9.59 Å². The number of aliphatic carboxylic acids is 1. The standard InChI is InChI=1S/C24H22ClF4N7O5/c25-12-3-11(4-14(5-12)41-24(27,28)29)18(6-20(38)39)34-19(37)10-30-22(40)15-1-2-17-16(9-33-36-17)21(15)35-23-31-7-13(26)8-32-23/h1-5,9,13,18H,6-8,10H2,(H,30,40)(H,33,36)(H,34,37)(H,38,39)(H2,31,32,35)/t18-/m0/s1. The molecule has 1 unspecified atom stereocenters. The topological polar surface area (TPSA) is 170 Å². The van der Waals surface area contributed by atoms with Crippen molar-refractivity contribution in [3.63, 3.8) is 0 Å². The van der Waals surface area contributed by atoms with Gasteiger partial charge < -0.3 is 31.1 Å². The van der Waals surface area contributed by atoms with Crippen molar-refractivity contribution >= 4 is 51.9 Å². The molecule has 0 fully saturated rings. The first kappa shape index (κ1) is 29.4. The zero-order valence-corrected chi connectivity index (χ0v) is 21.6. The zero-order chi connectivity index (χ0) is 29.7. The van der Waals surface area contributed by atoms with Crippen molar-refractivity contribution in [2.45, 2.75) is 25.0 Å². The molecule has 4 rings (SSSR count). The molecule has 0 aliphatic carbocycles. The Morgan fingerprint density at radius 3 is 2.68 bits per heavy atom. The SMILES string of the molecule is O=C(O)C[C@H](NC(=O)CNC(=O)c1ccc2[nH]ncc2c1NC1=NCC(F)CN1)c1cc(Cl)cc(OC(F)(F)F)c1. The van der Waals surface area contributed by atoms with Gasteiger partial charge in [-0.1, -0.05) is 11.6 Å². The summed E-state index contributed by atoms with van der Waals surface area (Å²) in [4.78, 5) is 41.2. The van der Waals surface area contributed by atoms with Crippen LogP contribution in [0.2, 0.25) is 5.02 Å². The third-order valence-electron chi connectivity index (χ3n) is 5.70. The molecule has 0 radical (unpaired) electrons. The van der Waals surface area contributed by atoms with E-state index >= 15 is 0 Å². The quantitative estimate of drug-likeness (QED) is 0.204. The van der Waals surface area contributed by atoms with Crippen molar-refractivity contribution in [1.82, 2.24) is 26.1 Å². The van der Waals surface area contributed by atoms with Gasteiger partial charge in [0.15, 0.2) is 5.96 Å². The van der Waals surface area contributed by atoms with Crippen LogP contribution in [0.25, 0.3) is 10.9 Å². The number of rotatable bonds is 9. The van der Waals surface area contributed by atoms with E-state index in [-0.39, 0.29) is 40.9 Å². The summed E-state index contributed by atoms with van der Waals surface area (Å²) >= 11 is 5.88. The van der Waals surface area contributed by atoms with E-state index in [1.165, 1.54) is 18.3 Å². The number of carbonyl (C=O) groups excluding carboxylic acids is 2. The number of aliphatic imine (C=N–C) groups is 1. The number of amides is 2. The predicted molar refractivity (Wildman–Crippen MR) is 139 cm³/mol. The van der Waals surface area contributed by atoms with Gasteiger partial charge in [0.1, 0.15) is 11.9 Å². The molecule has 12 nitrogen and oxygen atoms in total. The van der Waals surface area contributed by atoms with Gasteiger partial charge in [-0.25, -0.2) is 9.38 Å². The molecular formula is C24H22ClF4N7O5. The summed E-state index contributed by atoms with van der Waals surface area (Å²) < 4.78 is 55.4. The van der Waals surface area contributed by atoms with Crippen LogP contribution in [0, 0.1) is 0 Å². The Bertz CT molecular complexity index is 1500. The normalized spacial score (nSPS) is 15.8. The number of hydrogen-bond donors (Lipinski definition) is 6. The Labute approximate surface area is 233 Å². The maximum Gasteiger partial charge on any atom is 0.573 e. The lowest BCUT2D eigenvalue weighted by atomic mass is 10.0. The van der Waals surface area contributed by atoms with Crippen LogP contribution in [0.3, 0.4) is 0 Å². The van der Waals surface area contributed by atoms with Crippen molar-refractivity contribution < 1.29 is 41.8 Å². The molecule has 6 N–H and O–H groups in total. The van der Waals surface area contributed by atoms with E-state index in [2.05, 4.69) is 41.2 Å². The number of aromatic amines is 1. The number of H-pyrrole nitrogens is 1. The number of benzene rings is 2. The number of halogens is 5. The van der Waals surface area contributed by atoms with Gasteiger partial charge >= 0.3 is 12.3 Å². The Balaban J connectivity index is 1.48. The van der Waals surface area contributed by atoms with Crippen molar-refractivity contribution in [1.29, 1.82) is 0 Å². The van der Waals surface area contributed by atoms with Crippen LogP contribution in [0.15, 0.2) is 41.5 Å². The minimum atomic E-state index is -5.03. The molecular weight excluding hydrogens is 578 g/mol. The third-order valence-corrected chi connectivity index (χ3v) is 5.92. The number of alkyl halides is 4. The highest BCUT2D eigenvalue weighted by Gasteiger charge is 2.32. The highest BCUT2D eigenvalue weighted by Crippen LogP contribution is 2.31. The lowest BCUT2D eigenvalue weighted by molar-refractivity contribution is -0.274. The summed E-state index contributed by atoms with van der Waals surface area (Å²) in [6.07, 6.45) is -5.43. The molecule has 17 heteroatoms. The minimum Gasteiger partial charge on any atom is -0.481 e. The maximum absolute atomic E-state index is 13.5. The van der Waals surface area contributed by atoms with Gasteiger partial charge in [0.2, 0.25) is 5.91 Å². The van der Waals surface area contributed by atoms with Crippen molar-refractivity contribution in [3.05, 3.63) is 52.7 Å². The number of ether oxygens (including phenoxy) is 1. The molecule has 1 aliphatic heterocycles. The van der Waals surface area contributed by atoms with E-state index < -0.39 is 55.1 Å². The van der Waals surface area contributed by atoms with Gasteiger partial charge in [-0.3, -0.25) is 19.5 Å². The van der Waals surface area contributed by atoms with Gasteiger partial charge in [0, 0.05) is 10.4 Å². The fraction of sp³-hybridized carbons (Fsp3) is 0.292. The van der Waals surface area contributed by atoms with Crippen LogP contribution in [0.4, 0.5) is 23.2 Å². The molecule has 2 aromatic carbocycles. The van der Waals surface area contributed by atoms with Gasteiger partial charge in [-0.05, 0) is 35.9 Å². The smallest absolute Gasteiger partial charge is 0.481 e. The fourth-order valence-corrected chi connectivity index (χ4v) is 4.20. The second-order valence-electron chi connectivity index (χ2n) is 8.78. The number of carboxylic acids is 1. The molecule has 1 aromatic heterocycles. The number of anilines is 1. The summed E-state index contributed by atoms with van der Waals surface area (Å²) in [5, 5.41) is 26.8. The Kier molecular flexibility index (Phi) is 8.80. The lowest BCUT2D eigenvalue weighted by Gasteiger charge is -2.21. The fourth-order valence-electron chi connectivity index (χ4n) is 3.97. The molecule has 2 amide bonds. The maximum atomic E-state index is 13.5. The van der Waals surface area contributed by atoms with Gasteiger partial charge in [0.25, 0.3) is 5.91 Å². The number of carboxylic acid groups (broad SMARTS) is 1. The van der Waals surface area contributed by atoms with Crippen LogP contribution >= 0.6 is 11.6 Å². The molecule has 0 saturated carbocycles. The van der Waals surface area contributed by atoms with E-state index in [1.54, 1.807) is 6.07 Å². The van der Waals surface area contributed by atoms with E-state index in [1.807, 2.05) is 0 Å². The van der Waals surface area contributed by atoms with Crippen molar-refractivity contribution in [2.24, 2.45) is 4.99 Å². The summed E-state index contributed by atoms with van der Waals surface area (Å²) in [6.45, 7) is -0.678. The number of fused-ring (bicyclic) bond motifs is 1. The Hall–Kier alpha value is -4.60. The van der Waals surface area contributed by atoms with Crippen LogP contribution in [0.1, 0.15) is 28.4 Å². The van der Waals surface area contributed by atoms with Crippen LogP contribution in [-0.4, -0.2) is 71.2 Å². The average molecular weight is 600 g/mol. The summed E-state index contributed by atoms with van der Waals surface area (Å²) in [5.41, 5.74) is 0.877. The summed E-state index contributed by atoms with van der Waals surface area (Å²) in [7, 11) is 0. The molecule has 2 heterocycles. The third kappa shape index (κ3) is 7.97. The second-order valence-corrected chi connectivity index (χ2v) is 9.22. The first-order valence-electron chi connectivity index (χ1n) is 11.9. The first-order chi connectivity index (χ1) is 19.4. The van der Waals surface area contributed by atoms with Gasteiger partial charge in [-0.15, -0.1) is 13.2 Å². The van der Waals surface area contributed by atoms with Crippen LogP contribution in [0.5, 0.6) is 5.75 Å². The number of guanidine groups is 1. The van der Waals surface area contributed by atoms with Gasteiger partial charge in [-0.2, -0.15) is 5.10 Å². The molecule has 3 aromatic rings. The number of aromatic nitrogens is 2. The summed E-state index contributed by atoms with van der Waals surface area (Å²) in [5.74, 6) is -3.38. The Morgan fingerprint density at radius 1 is 1.22 bits per heavy atom. The van der Waals surface area contributed by atoms with Gasteiger partial charge in [0.05, 0.1) is 55.1 Å². The highest BCUT2D eigenvalue weighted by molar-refractivity contribution is 6.30. The predicted octanol–water partition coefficient (Wildman–Crippen LogP) is 2.89. The van der Waals surface area contributed by atoms with E-state index in [4.69, 9.17) is 11.6 Å². The van der Waals surface area contributed by atoms with Crippen molar-refractivity contribution in [2.75, 3.05) is 25.0 Å². The molecule has 218 valence electrons. The Morgan fingerprint density at radius 2 is 2.00 bits per heavy atom. The second kappa shape index (κ2) is 12.3. The minimum absolute atomic E-state index is 0.0167. The summed E-state index contributed by atoms with van der Waals surface area (Å²) in [6, 6.07) is 4.70.